The lowest BCUT2D eigenvalue weighted by molar-refractivity contribution is 0.376. The van der Waals surface area contributed by atoms with Gasteiger partial charge >= 0.3 is 0 Å². The molecule has 0 unspecified atom stereocenters. The normalized spacial score (nSPS) is 16.2. The molecule has 0 amide bonds. The van der Waals surface area contributed by atoms with Gasteiger partial charge in [-0.05, 0) is 37.0 Å². The van der Waals surface area contributed by atoms with E-state index in [9.17, 15) is 9.18 Å². The Morgan fingerprint density at radius 3 is 2.71 bits per heavy atom. The Kier molecular flexibility index (Phi) is 2.99. The predicted octanol–water partition coefficient (Wildman–Crippen LogP) is 2.72. The van der Waals surface area contributed by atoms with Gasteiger partial charge < -0.3 is 4.74 Å². The monoisotopic (exact) mass is 235 g/mol. The molecule has 0 spiro atoms. The van der Waals surface area contributed by atoms with Gasteiger partial charge in [0.05, 0.1) is 7.11 Å². The number of rotatable bonds is 4. The molecule has 1 aliphatic carbocycles. The summed E-state index contributed by atoms with van der Waals surface area (Å²) in [7, 11) is 1.42. The van der Waals surface area contributed by atoms with E-state index in [4.69, 9.17) is 4.74 Å². The van der Waals surface area contributed by atoms with Crippen molar-refractivity contribution in [3.8, 4) is 5.75 Å². The Balaban J connectivity index is 2.58. The van der Waals surface area contributed by atoms with Gasteiger partial charge in [0.1, 0.15) is 5.54 Å². The highest BCUT2D eigenvalue weighted by Gasteiger charge is 2.47. The van der Waals surface area contributed by atoms with Crippen molar-refractivity contribution in [3.05, 3.63) is 29.1 Å². The van der Waals surface area contributed by atoms with E-state index in [0.717, 1.165) is 24.8 Å². The molecule has 4 heteroatoms. The number of carbonyl (C=O) groups excluding carboxylic acids is 1. The maximum absolute atomic E-state index is 13.8. The quantitative estimate of drug-likeness (QED) is 0.594. The zero-order valence-corrected chi connectivity index (χ0v) is 9.92. The Morgan fingerprint density at radius 1 is 1.53 bits per heavy atom. The lowest BCUT2D eigenvalue weighted by atomic mass is 9.99. The fourth-order valence-corrected chi connectivity index (χ4v) is 2.05. The van der Waals surface area contributed by atoms with Crippen molar-refractivity contribution in [2.75, 3.05) is 7.11 Å². The lowest BCUT2D eigenvalue weighted by Gasteiger charge is -2.15. The minimum absolute atomic E-state index is 0.193. The number of hydrogen-bond donors (Lipinski definition) is 0. The minimum Gasteiger partial charge on any atom is -0.493 e. The predicted molar refractivity (Wildman–Crippen MR) is 61.4 cm³/mol. The Labute approximate surface area is 99.3 Å². The van der Waals surface area contributed by atoms with E-state index in [-0.39, 0.29) is 5.75 Å². The summed E-state index contributed by atoms with van der Waals surface area (Å²) in [4.78, 5) is 14.3. The van der Waals surface area contributed by atoms with E-state index >= 15 is 0 Å². The first-order valence-corrected chi connectivity index (χ1v) is 5.63. The zero-order valence-electron chi connectivity index (χ0n) is 9.92. The highest BCUT2D eigenvalue weighted by molar-refractivity contribution is 5.49. The van der Waals surface area contributed by atoms with Crippen LogP contribution in [0.5, 0.6) is 5.75 Å². The SMILES string of the molecule is CCc1cc(F)c(OC)c(C2(N=C=O)CC2)c1. The number of hydrogen-bond acceptors (Lipinski definition) is 3. The fourth-order valence-electron chi connectivity index (χ4n) is 2.05. The van der Waals surface area contributed by atoms with Crippen LogP contribution in [0.1, 0.15) is 30.9 Å². The maximum atomic E-state index is 13.8. The second kappa shape index (κ2) is 4.30. The van der Waals surface area contributed by atoms with Crippen LogP contribution in [0, 0.1) is 5.82 Å². The van der Waals surface area contributed by atoms with Crippen molar-refractivity contribution in [3.63, 3.8) is 0 Å². The van der Waals surface area contributed by atoms with Crippen molar-refractivity contribution < 1.29 is 13.9 Å². The molecular formula is C13H14FNO2. The number of aryl methyl sites for hydroxylation is 1. The van der Waals surface area contributed by atoms with Crippen LogP contribution in [0.3, 0.4) is 0 Å². The third-order valence-electron chi connectivity index (χ3n) is 3.20. The molecule has 1 saturated carbocycles. The summed E-state index contributed by atoms with van der Waals surface area (Å²) in [6.07, 6.45) is 3.79. The van der Waals surface area contributed by atoms with Crippen LogP contribution in [0.25, 0.3) is 0 Å². The molecule has 0 saturated heterocycles. The van der Waals surface area contributed by atoms with Gasteiger partial charge in [0.2, 0.25) is 6.08 Å². The lowest BCUT2D eigenvalue weighted by Crippen LogP contribution is -2.08. The summed E-state index contributed by atoms with van der Waals surface area (Å²) in [6.45, 7) is 1.95. The summed E-state index contributed by atoms with van der Waals surface area (Å²) >= 11 is 0. The molecular weight excluding hydrogens is 221 g/mol. The van der Waals surface area contributed by atoms with Crippen molar-refractivity contribution >= 4 is 6.08 Å². The van der Waals surface area contributed by atoms with Crippen LogP contribution >= 0.6 is 0 Å². The van der Waals surface area contributed by atoms with E-state index in [1.165, 1.54) is 13.2 Å². The number of halogens is 1. The molecule has 17 heavy (non-hydrogen) atoms. The van der Waals surface area contributed by atoms with E-state index in [0.29, 0.717) is 5.56 Å². The standard InChI is InChI=1S/C13H14FNO2/c1-3-9-6-10(12(17-2)11(14)7-9)13(4-5-13)15-8-16/h6-7H,3-5H2,1-2H3. The molecule has 2 rings (SSSR count). The van der Waals surface area contributed by atoms with Gasteiger partial charge in [0.25, 0.3) is 0 Å². The van der Waals surface area contributed by atoms with E-state index in [1.807, 2.05) is 13.0 Å². The van der Waals surface area contributed by atoms with Crippen LogP contribution < -0.4 is 4.74 Å². The van der Waals surface area contributed by atoms with Gasteiger partial charge in [-0.25, -0.2) is 9.18 Å². The van der Waals surface area contributed by atoms with Gasteiger partial charge in [-0.15, -0.1) is 0 Å². The van der Waals surface area contributed by atoms with Gasteiger partial charge in [0, 0.05) is 5.56 Å². The fraction of sp³-hybridized carbons (Fsp3) is 0.462. The third kappa shape index (κ3) is 1.96. The van der Waals surface area contributed by atoms with E-state index < -0.39 is 11.4 Å². The number of aliphatic imine (C=N–C) groups is 1. The summed E-state index contributed by atoms with van der Waals surface area (Å²) in [5.74, 6) is -0.201. The van der Waals surface area contributed by atoms with Crippen molar-refractivity contribution in [2.45, 2.75) is 31.7 Å². The summed E-state index contributed by atoms with van der Waals surface area (Å²) in [5.41, 5.74) is 0.949. The smallest absolute Gasteiger partial charge is 0.235 e. The average Bonchev–Trinajstić information content (AvgIpc) is 3.09. The van der Waals surface area contributed by atoms with Crippen LogP contribution in [0.2, 0.25) is 0 Å². The molecule has 0 bridgehead atoms. The molecule has 0 atom stereocenters. The van der Waals surface area contributed by atoms with Crippen LogP contribution in [-0.4, -0.2) is 13.2 Å². The zero-order chi connectivity index (χ0) is 12.5. The van der Waals surface area contributed by atoms with Crippen molar-refractivity contribution in [1.82, 2.24) is 0 Å². The summed E-state index contributed by atoms with van der Waals surface area (Å²) in [5, 5.41) is 0. The Hall–Kier alpha value is -1.67. The first-order chi connectivity index (χ1) is 8.16. The van der Waals surface area contributed by atoms with Gasteiger partial charge in [-0.1, -0.05) is 6.92 Å². The van der Waals surface area contributed by atoms with Crippen molar-refractivity contribution in [2.24, 2.45) is 4.99 Å². The maximum Gasteiger partial charge on any atom is 0.235 e. The van der Waals surface area contributed by atoms with Gasteiger partial charge in [-0.2, -0.15) is 4.99 Å². The molecule has 0 heterocycles. The van der Waals surface area contributed by atoms with Crippen LogP contribution in [-0.2, 0) is 16.8 Å². The molecule has 0 radical (unpaired) electrons. The molecule has 1 fully saturated rings. The second-order valence-corrected chi connectivity index (χ2v) is 4.25. The average molecular weight is 235 g/mol. The molecule has 3 nitrogen and oxygen atoms in total. The summed E-state index contributed by atoms with van der Waals surface area (Å²) in [6, 6.07) is 3.33. The molecule has 0 aliphatic heterocycles. The molecule has 1 aromatic rings. The Morgan fingerprint density at radius 2 is 2.24 bits per heavy atom. The van der Waals surface area contributed by atoms with Gasteiger partial charge in [0.15, 0.2) is 11.6 Å². The minimum atomic E-state index is -0.598. The molecule has 90 valence electrons. The number of isocyanates is 1. The number of nitrogens with zero attached hydrogens (tertiary/aromatic N) is 1. The first-order valence-electron chi connectivity index (χ1n) is 5.63. The highest BCUT2D eigenvalue weighted by atomic mass is 19.1. The molecule has 1 aromatic carbocycles. The number of benzene rings is 1. The van der Waals surface area contributed by atoms with Crippen LogP contribution in [0.15, 0.2) is 17.1 Å². The van der Waals surface area contributed by atoms with E-state index in [1.54, 1.807) is 6.08 Å². The topological polar surface area (TPSA) is 38.7 Å². The molecule has 0 aromatic heterocycles. The second-order valence-electron chi connectivity index (χ2n) is 4.25. The first kappa shape index (κ1) is 11.8. The van der Waals surface area contributed by atoms with Gasteiger partial charge in [-0.3, -0.25) is 0 Å². The number of ether oxygens (including phenoxy) is 1. The molecule has 0 N–H and O–H groups in total. The highest BCUT2D eigenvalue weighted by Crippen LogP contribution is 2.53. The third-order valence-corrected chi connectivity index (χ3v) is 3.20. The molecule has 1 aliphatic rings. The van der Waals surface area contributed by atoms with E-state index in [2.05, 4.69) is 4.99 Å². The summed E-state index contributed by atoms with van der Waals surface area (Å²) < 4.78 is 18.9. The Bertz CT molecular complexity index is 488. The number of methoxy groups -OCH3 is 1. The van der Waals surface area contributed by atoms with Crippen LogP contribution in [0.4, 0.5) is 4.39 Å². The van der Waals surface area contributed by atoms with Crippen molar-refractivity contribution in [1.29, 1.82) is 0 Å². The largest absolute Gasteiger partial charge is 0.493 e.